The van der Waals surface area contributed by atoms with Crippen molar-refractivity contribution in [1.82, 2.24) is 9.97 Å². The molecule has 2 heterocycles. The van der Waals surface area contributed by atoms with Crippen LogP contribution < -0.4 is 15.8 Å². The Morgan fingerprint density at radius 2 is 1.76 bits per heavy atom. The number of primary amides is 1. The maximum atomic E-state index is 12.5. The highest BCUT2D eigenvalue weighted by Crippen LogP contribution is 2.26. The molecule has 0 unspecified atom stereocenters. The molecule has 0 radical (unpaired) electrons. The number of rotatable bonds is 6. The summed E-state index contributed by atoms with van der Waals surface area (Å²) < 4.78 is 5.72. The van der Waals surface area contributed by atoms with Crippen LogP contribution in [-0.4, -0.2) is 21.8 Å². The number of nitrogens with zero attached hydrogens (tertiary/aromatic N) is 1. The summed E-state index contributed by atoms with van der Waals surface area (Å²) in [5, 5.41) is 5.02. The van der Waals surface area contributed by atoms with E-state index in [9.17, 15) is 9.59 Å². The Kier molecular flexibility index (Phi) is 5.08. The van der Waals surface area contributed by atoms with Crippen molar-refractivity contribution in [2.45, 2.75) is 0 Å². The van der Waals surface area contributed by atoms with Gasteiger partial charge >= 0.3 is 0 Å². The third-order valence-corrected chi connectivity index (χ3v) is 4.82. The lowest BCUT2D eigenvalue weighted by Gasteiger charge is -2.06. The Morgan fingerprint density at radius 3 is 2.45 bits per heavy atom. The average Bonchev–Trinajstić information content (AvgIpc) is 3.39. The molecule has 29 heavy (non-hydrogen) atoms. The second-order valence-electron chi connectivity index (χ2n) is 6.10. The summed E-state index contributed by atoms with van der Waals surface area (Å²) in [5.74, 6) is 0.551. The van der Waals surface area contributed by atoms with Crippen LogP contribution in [0.5, 0.6) is 11.5 Å². The van der Waals surface area contributed by atoms with E-state index >= 15 is 0 Å². The van der Waals surface area contributed by atoms with Gasteiger partial charge in [-0.1, -0.05) is 18.2 Å². The number of aromatic amines is 1. The fourth-order valence-corrected chi connectivity index (χ4v) is 3.33. The molecular weight excluding hydrogens is 388 g/mol. The molecule has 4 aromatic rings. The quantitative estimate of drug-likeness (QED) is 0.445. The molecular formula is C21H16N4O3S. The highest BCUT2D eigenvalue weighted by atomic mass is 32.1. The zero-order chi connectivity index (χ0) is 20.2. The van der Waals surface area contributed by atoms with Crippen molar-refractivity contribution >= 4 is 28.3 Å². The Labute approximate surface area is 170 Å². The number of para-hydroxylation sites is 1. The van der Waals surface area contributed by atoms with E-state index in [0.29, 0.717) is 27.8 Å². The van der Waals surface area contributed by atoms with Gasteiger partial charge < -0.3 is 15.5 Å². The minimum absolute atomic E-state index is 0.274. The van der Waals surface area contributed by atoms with E-state index in [0.717, 1.165) is 11.3 Å². The van der Waals surface area contributed by atoms with Gasteiger partial charge in [-0.25, -0.2) is 4.98 Å². The highest BCUT2D eigenvalue weighted by Gasteiger charge is 2.12. The van der Waals surface area contributed by atoms with Crippen LogP contribution in [0, 0.1) is 0 Å². The molecule has 4 N–H and O–H groups in total. The minimum atomic E-state index is -0.542. The summed E-state index contributed by atoms with van der Waals surface area (Å²) in [5.41, 5.74) is 7.39. The van der Waals surface area contributed by atoms with Gasteiger partial charge in [-0.2, -0.15) is 0 Å². The van der Waals surface area contributed by atoms with Gasteiger partial charge in [0.1, 0.15) is 17.2 Å². The van der Waals surface area contributed by atoms with Gasteiger partial charge in [0.15, 0.2) is 5.13 Å². The number of carbonyl (C=O) groups excluding carboxylic acids is 2. The molecule has 2 aromatic carbocycles. The first kappa shape index (κ1) is 18.5. The molecule has 0 fully saturated rings. The second-order valence-corrected chi connectivity index (χ2v) is 6.96. The summed E-state index contributed by atoms with van der Waals surface area (Å²) in [6.07, 6.45) is 1.65. The molecule has 2 amide bonds. The summed E-state index contributed by atoms with van der Waals surface area (Å²) >= 11 is 1.29. The number of benzene rings is 2. The van der Waals surface area contributed by atoms with Crippen LogP contribution in [0.15, 0.2) is 72.2 Å². The summed E-state index contributed by atoms with van der Waals surface area (Å²) in [7, 11) is 0. The third-order valence-electron chi connectivity index (χ3n) is 4.06. The van der Waals surface area contributed by atoms with Gasteiger partial charge in [-0.05, 0) is 42.5 Å². The Hall–Kier alpha value is -3.91. The molecule has 2 aromatic heterocycles. The molecule has 0 atom stereocenters. The number of thiazole rings is 1. The molecule has 144 valence electrons. The molecule has 0 bridgehead atoms. The zero-order valence-electron chi connectivity index (χ0n) is 15.1. The number of hydrogen-bond donors (Lipinski definition) is 3. The second kappa shape index (κ2) is 7.99. The van der Waals surface area contributed by atoms with Crippen LogP contribution in [0.25, 0.3) is 11.3 Å². The van der Waals surface area contributed by atoms with E-state index < -0.39 is 5.91 Å². The number of nitrogens with one attached hydrogen (secondary N) is 2. The van der Waals surface area contributed by atoms with Gasteiger partial charge in [0, 0.05) is 22.7 Å². The molecule has 4 rings (SSSR count). The monoisotopic (exact) mass is 404 g/mol. The van der Waals surface area contributed by atoms with Gasteiger partial charge in [0.25, 0.3) is 11.8 Å². The minimum Gasteiger partial charge on any atom is -0.457 e. The first-order valence-corrected chi connectivity index (χ1v) is 9.55. The number of aromatic nitrogens is 2. The van der Waals surface area contributed by atoms with E-state index in [1.807, 2.05) is 30.3 Å². The van der Waals surface area contributed by atoms with E-state index in [2.05, 4.69) is 15.3 Å². The molecule has 0 aliphatic rings. The SMILES string of the molecule is NC(=O)c1cc(-c2csc(NC(=O)c3ccc(Oc4ccccc4)cc3)n2)c[nH]1. The van der Waals surface area contributed by atoms with Gasteiger partial charge in [-0.15, -0.1) is 11.3 Å². The van der Waals surface area contributed by atoms with Gasteiger partial charge in [0.2, 0.25) is 0 Å². The van der Waals surface area contributed by atoms with Crippen LogP contribution in [0.1, 0.15) is 20.8 Å². The fourth-order valence-electron chi connectivity index (χ4n) is 2.62. The Balaban J connectivity index is 1.41. The standard InChI is InChI=1S/C21H16N4O3S/c22-19(26)17-10-14(11-23-17)18-12-29-21(24-18)25-20(27)13-6-8-16(9-7-13)28-15-4-2-1-3-5-15/h1-12,23H,(H2,22,26)(H,24,25,27). The summed E-state index contributed by atoms with van der Waals surface area (Å²) in [4.78, 5) is 30.8. The van der Waals surface area contributed by atoms with Crippen molar-refractivity contribution in [3.63, 3.8) is 0 Å². The topological polar surface area (TPSA) is 110 Å². The van der Waals surface area contributed by atoms with Crippen LogP contribution in [0.3, 0.4) is 0 Å². The normalized spacial score (nSPS) is 10.5. The number of H-pyrrole nitrogens is 1. The average molecular weight is 404 g/mol. The van der Waals surface area contributed by atoms with E-state index in [-0.39, 0.29) is 5.91 Å². The number of amides is 2. The van der Waals surface area contributed by atoms with Crippen LogP contribution >= 0.6 is 11.3 Å². The van der Waals surface area contributed by atoms with Crippen LogP contribution in [0.4, 0.5) is 5.13 Å². The zero-order valence-corrected chi connectivity index (χ0v) is 15.9. The van der Waals surface area contributed by atoms with Crippen molar-refractivity contribution < 1.29 is 14.3 Å². The number of anilines is 1. The van der Waals surface area contributed by atoms with Crippen LogP contribution in [-0.2, 0) is 0 Å². The van der Waals surface area contributed by atoms with Crippen molar-refractivity contribution in [2.24, 2.45) is 5.73 Å². The summed E-state index contributed by atoms with van der Waals surface area (Å²) in [6.45, 7) is 0. The fraction of sp³-hybridized carbons (Fsp3) is 0. The molecule has 0 aliphatic heterocycles. The van der Waals surface area contributed by atoms with Crippen molar-refractivity contribution in [3.05, 3.63) is 83.5 Å². The summed E-state index contributed by atoms with van der Waals surface area (Å²) in [6, 6.07) is 17.9. The van der Waals surface area contributed by atoms with E-state index in [1.54, 1.807) is 41.9 Å². The van der Waals surface area contributed by atoms with Gasteiger partial charge in [0.05, 0.1) is 5.69 Å². The molecule has 7 nitrogen and oxygen atoms in total. The predicted molar refractivity (Wildman–Crippen MR) is 111 cm³/mol. The van der Waals surface area contributed by atoms with Gasteiger partial charge in [-0.3, -0.25) is 14.9 Å². The first-order chi connectivity index (χ1) is 14.1. The Bertz CT molecular complexity index is 1150. The molecule has 0 spiro atoms. The van der Waals surface area contributed by atoms with E-state index in [1.165, 1.54) is 11.3 Å². The third kappa shape index (κ3) is 4.33. The van der Waals surface area contributed by atoms with E-state index in [4.69, 9.17) is 10.5 Å². The molecule has 0 saturated heterocycles. The number of ether oxygens (including phenoxy) is 1. The lowest BCUT2D eigenvalue weighted by Crippen LogP contribution is -2.11. The molecule has 8 heteroatoms. The van der Waals surface area contributed by atoms with Crippen molar-refractivity contribution in [1.29, 1.82) is 0 Å². The number of nitrogens with two attached hydrogens (primary N) is 1. The number of carbonyl (C=O) groups is 2. The lowest BCUT2D eigenvalue weighted by atomic mass is 10.2. The smallest absolute Gasteiger partial charge is 0.265 e. The van der Waals surface area contributed by atoms with Crippen molar-refractivity contribution in [3.8, 4) is 22.8 Å². The lowest BCUT2D eigenvalue weighted by molar-refractivity contribution is 0.0994. The maximum absolute atomic E-state index is 12.5. The number of hydrogen-bond acceptors (Lipinski definition) is 5. The van der Waals surface area contributed by atoms with Crippen molar-refractivity contribution in [2.75, 3.05) is 5.32 Å². The first-order valence-electron chi connectivity index (χ1n) is 8.67. The Morgan fingerprint density at radius 1 is 1.03 bits per heavy atom. The predicted octanol–water partition coefficient (Wildman–Crippen LogP) is 4.28. The molecule has 0 saturated carbocycles. The maximum Gasteiger partial charge on any atom is 0.265 e. The highest BCUT2D eigenvalue weighted by molar-refractivity contribution is 7.14. The van der Waals surface area contributed by atoms with Crippen LogP contribution in [0.2, 0.25) is 0 Å². The molecule has 0 aliphatic carbocycles. The largest absolute Gasteiger partial charge is 0.457 e.